The molecule has 0 saturated heterocycles. The van der Waals surface area contributed by atoms with Gasteiger partial charge in [-0.3, -0.25) is 10.1 Å². The van der Waals surface area contributed by atoms with Gasteiger partial charge in [0.05, 0.1) is 13.1 Å². The lowest BCUT2D eigenvalue weighted by Crippen LogP contribution is -2.40. The van der Waals surface area contributed by atoms with Crippen molar-refractivity contribution in [1.82, 2.24) is 10.6 Å². The third kappa shape index (κ3) is 5.44. The minimum atomic E-state index is 0.0535. The van der Waals surface area contributed by atoms with Gasteiger partial charge in [0.25, 0.3) is 0 Å². The Labute approximate surface area is 92.0 Å². The molecule has 1 saturated carbocycles. The van der Waals surface area contributed by atoms with Gasteiger partial charge in [-0.15, -0.1) is 6.42 Å². The summed E-state index contributed by atoms with van der Waals surface area (Å²) in [4.78, 5) is 11.4. The molecule has 1 aliphatic rings. The van der Waals surface area contributed by atoms with Crippen molar-refractivity contribution in [3.8, 4) is 12.3 Å². The summed E-state index contributed by atoms with van der Waals surface area (Å²) in [5.41, 5.74) is 0. The van der Waals surface area contributed by atoms with Crippen molar-refractivity contribution in [1.29, 1.82) is 0 Å². The number of rotatable bonds is 7. The van der Waals surface area contributed by atoms with E-state index in [-0.39, 0.29) is 5.91 Å². The zero-order valence-corrected chi connectivity index (χ0v) is 9.38. The molecule has 0 aromatic carbocycles. The van der Waals surface area contributed by atoms with E-state index >= 15 is 0 Å². The van der Waals surface area contributed by atoms with Crippen LogP contribution in [0.3, 0.4) is 0 Å². The van der Waals surface area contributed by atoms with Gasteiger partial charge in [-0.2, -0.15) is 0 Å². The zero-order chi connectivity index (χ0) is 11.1. The predicted octanol–water partition coefficient (Wildman–Crippen LogP) is 0.904. The summed E-state index contributed by atoms with van der Waals surface area (Å²) in [5, 5.41) is 5.91. The van der Waals surface area contributed by atoms with Crippen LogP contribution >= 0.6 is 0 Å². The Balaban J connectivity index is 2.12. The topological polar surface area (TPSA) is 41.1 Å². The molecule has 0 heterocycles. The van der Waals surface area contributed by atoms with Gasteiger partial charge in [-0.25, -0.2) is 0 Å². The van der Waals surface area contributed by atoms with Crippen molar-refractivity contribution in [2.75, 3.05) is 13.1 Å². The van der Waals surface area contributed by atoms with E-state index in [1.54, 1.807) is 0 Å². The summed E-state index contributed by atoms with van der Waals surface area (Å²) >= 11 is 0. The Kier molecular flexibility index (Phi) is 5.20. The molecule has 0 spiro atoms. The molecule has 1 aliphatic carbocycles. The SMILES string of the molecule is C#CCNCC(=O)NC(CC)CC1CC1. The molecule has 1 amide bonds. The van der Waals surface area contributed by atoms with E-state index in [9.17, 15) is 4.79 Å². The van der Waals surface area contributed by atoms with Crippen molar-refractivity contribution < 1.29 is 4.79 Å². The number of carbonyl (C=O) groups excluding carboxylic acids is 1. The van der Waals surface area contributed by atoms with Gasteiger partial charge in [-0.05, 0) is 18.8 Å². The largest absolute Gasteiger partial charge is 0.352 e. The third-order valence-corrected chi connectivity index (χ3v) is 2.69. The molecule has 0 aromatic heterocycles. The van der Waals surface area contributed by atoms with E-state index in [0.717, 1.165) is 18.8 Å². The highest BCUT2D eigenvalue weighted by molar-refractivity contribution is 5.78. The second-order valence-corrected chi connectivity index (χ2v) is 4.16. The first-order valence-corrected chi connectivity index (χ1v) is 5.69. The lowest BCUT2D eigenvalue weighted by Gasteiger charge is -2.16. The van der Waals surface area contributed by atoms with Gasteiger partial charge in [0.2, 0.25) is 5.91 Å². The van der Waals surface area contributed by atoms with Crippen LogP contribution in [0, 0.1) is 18.3 Å². The number of nitrogens with one attached hydrogen (secondary N) is 2. The van der Waals surface area contributed by atoms with Gasteiger partial charge in [0, 0.05) is 6.04 Å². The highest BCUT2D eigenvalue weighted by Gasteiger charge is 2.25. The molecule has 1 atom stereocenters. The minimum Gasteiger partial charge on any atom is -0.352 e. The molecular weight excluding hydrogens is 188 g/mol. The molecule has 0 aliphatic heterocycles. The van der Waals surface area contributed by atoms with Crippen LogP contribution in [-0.4, -0.2) is 25.0 Å². The van der Waals surface area contributed by atoms with Crippen LogP contribution < -0.4 is 10.6 Å². The summed E-state index contributed by atoms with van der Waals surface area (Å²) in [6.07, 6.45) is 9.89. The first kappa shape index (κ1) is 12.1. The fraction of sp³-hybridized carbons (Fsp3) is 0.750. The summed E-state index contributed by atoms with van der Waals surface area (Å²) in [6, 6.07) is 0.345. The van der Waals surface area contributed by atoms with E-state index in [4.69, 9.17) is 6.42 Å². The minimum absolute atomic E-state index is 0.0535. The summed E-state index contributed by atoms with van der Waals surface area (Å²) in [6.45, 7) is 2.89. The maximum Gasteiger partial charge on any atom is 0.234 e. The molecule has 2 N–H and O–H groups in total. The summed E-state index contributed by atoms with van der Waals surface area (Å²) in [7, 11) is 0. The molecule has 84 valence electrons. The van der Waals surface area contributed by atoms with Crippen molar-refractivity contribution in [2.24, 2.45) is 5.92 Å². The van der Waals surface area contributed by atoms with E-state index < -0.39 is 0 Å². The molecule has 0 aromatic rings. The van der Waals surface area contributed by atoms with Gasteiger partial charge in [0.1, 0.15) is 0 Å². The number of hydrogen-bond acceptors (Lipinski definition) is 2. The second kappa shape index (κ2) is 6.47. The van der Waals surface area contributed by atoms with E-state index in [1.807, 2.05) is 0 Å². The van der Waals surface area contributed by atoms with Crippen LogP contribution in [0.15, 0.2) is 0 Å². The number of terminal acetylenes is 1. The quantitative estimate of drug-likeness (QED) is 0.482. The average Bonchev–Trinajstić information content (AvgIpc) is 3.01. The Morgan fingerprint density at radius 2 is 2.33 bits per heavy atom. The predicted molar refractivity (Wildman–Crippen MR) is 61.3 cm³/mol. The molecule has 1 rings (SSSR count). The molecule has 3 nitrogen and oxygen atoms in total. The highest BCUT2D eigenvalue weighted by atomic mass is 16.1. The van der Waals surface area contributed by atoms with Crippen molar-refractivity contribution in [2.45, 2.75) is 38.6 Å². The van der Waals surface area contributed by atoms with Crippen molar-refractivity contribution in [3.63, 3.8) is 0 Å². The fourth-order valence-electron chi connectivity index (χ4n) is 1.61. The standard InChI is InChI=1S/C12H20N2O/c1-3-7-13-9-12(15)14-11(4-2)8-10-5-6-10/h1,10-11,13H,4-9H2,2H3,(H,14,15). The number of hydrogen-bond donors (Lipinski definition) is 2. The Bertz CT molecular complexity index is 240. The molecule has 0 bridgehead atoms. The lowest BCUT2D eigenvalue weighted by atomic mass is 10.1. The van der Waals surface area contributed by atoms with Crippen molar-refractivity contribution >= 4 is 5.91 Å². The average molecular weight is 208 g/mol. The van der Waals surface area contributed by atoms with Crippen LogP contribution in [0.1, 0.15) is 32.6 Å². The van der Waals surface area contributed by atoms with E-state index in [1.165, 1.54) is 12.8 Å². The van der Waals surface area contributed by atoms with E-state index in [0.29, 0.717) is 19.1 Å². The molecule has 0 radical (unpaired) electrons. The first-order chi connectivity index (χ1) is 7.26. The maximum atomic E-state index is 11.4. The third-order valence-electron chi connectivity index (χ3n) is 2.69. The fourth-order valence-corrected chi connectivity index (χ4v) is 1.61. The van der Waals surface area contributed by atoms with Gasteiger partial charge < -0.3 is 5.32 Å². The summed E-state index contributed by atoms with van der Waals surface area (Å²) in [5.74, 6) is 3.35. The Hall–Kier alpha value is -1.01. The van der Waals surface area contributed by atoms with Gasteiger partial charge >= 0.3 is 0 Å². The highest BCUT2D eigenvalue weighted by Crippen LogP contribution is 2.33. The molecule has 3 heteroatoms. The van der Waals surface area contributed by atoms with Crippen molar-refractivity contribution in [3.05, 3.63) is 0 Å². The van der Waals surface area contributed by atoms with Crippen LogP contribution in [0.5, 0.6) is 0 Å². The van der Waals surface area contributed by atoms with E-state index in [2.05, 4.69) is 23.5 Å². The normalized spacial score (nSPS) is 16.8. The lowest BCUT2D eigenvalue weighted by molar-refractivity contribution is -0.121. The molecular formula is C12H20N2O. The van der Waals surface area contributed by atoms with Gasteiger partial charge in [-0.1, -0.05) is 25.7 Å². The van der Waals surface area contributed by atoms with Crippen LogP contribution in [0.25, 0.3) is 0 Å². The molecule has 15 heavy (non-hydrogen) atoms. The monoisotopic (exact) mass is 208 g/mol. The first-order valence-electron chi connectivity index (χ1n) is 5.69. The van der Waals surface area contributed by atoms with Crippen LogP contribution in [0.2, 0.25) is 0 Å². The summed E-state index contributed by atoms with van der Waals surface area (Å²) < 4.78 is 0. The number of amides is 1. The van der Waals surface area contributed by atoms with Gasteiger partial charge in [0.15, 0.2) is 0 Å². The number of carbonyl (C=O) groups is 1. The maximum absolute atomic E-state index is 11.4. The van der Waals surface area contributed by atoms with Crippen LogP contribution in [-0.2, 0) is 4.79 Å². The zero-order valence-electron chi connectivity index (χ0n) is 9.38. The Morgan fingerprint density at radius 1 is 1.60 bits per heavy atom. The second-order valence-electron chi connectivity index (χ2n) is 4.16. The molecule has 1 unspecified atom stereocenters. The molecule has 1 fully saturated rings. The Morgan fingerprint density at radius 3 is 2.87 bits per heavy atom. The van der Waals surface area contributed by atoms with Crippen LogP contribution in [0.4, 0.5) is 0 Å². The smallest absolute Gasteiger partial charge is 0.234 e.